The van der Waals surface area contributed by atoms with Crippen LogP contribution in [-0.2, 0) is 4.79 Å². The average molecular weight is 122 g/mol. The highest BCUT2D eigenvalue weighted by atomic mass is 16.1. The molecule has 0 radical (unpaired) electrons. The molecule has 46 valence electrons. The third-order valence-corrected chi connectivity index (χ3v) is 0.607. The highest BCUT2D eigenvalue weighted by Crippen LogP contribution is 1.68. The van der Waals surface area contributed by atoms with Crippen LogP contribution in [0.2, 0.25) is 0 Å². The summed E-state index contributed by atoms with van der Waals surface area (Å²) in [5.74, 6) is 0. The van der Waals surface area contributed by atoms with Gasteiger partial charge in [-0.2, -0.15) is 0 Å². The molecule has 0 saturated heterocycles. The molecule has 0 unspecified atom stereocenters. The SMILES string of the molecule is [N-]=C=O.c1cc[nH+]cc1. The van der Waals surface area contributed by atoms with E-state index in [9.17, 15) is 0 Å². The summed E-state index contributed by atoms with van der Waals surface area (Å²) in [4.78, 5) is 11.1. The summed E-state index contributed by atoms with van der Waals surface area (Å²) in [6.45, 7) is 0. The Kier molecular flexibility index (Phi) is 5.46. The van der Waals surface area contributed by atoms with Crippen molar-refractivity contribution in [3.63, 3.8) is 0 Å². The van der Waals surface area contributed by atoms with Gasteiger partial charge in [-0.05, 0) is 6.08 Å². The summed E-state index contributed by atoms with van der Waals surface area (Å²) < 4.78 is 0. The lowest BCUT2D eigenvalue weighted by Gasteiger charge is -1.63. The molecule has 1 N–H and O–H groups in total. The van der Waals surface area contributed by atoms with Crippen molar-refractivity contribution in [2.45, 2.75) is 0 Å². The van der Waals surface area contributed by atoms with Crippen LogP contribution in [0.1, 0.15) is 0 Å². The van der Waals surface area contributed by atoms with E-state index in [0.29, 0.717) is 6.08 Å². The van der Waals surface area contributed by atoms with Gasteiger partial charge in [-0.25, -0.2) is 4.98 Å². The molecule has 1 heterocycles. The van der Waals surface area contributed by atoms with Crippen LogP contribution in [0.25, 0.3) is 5.41 Å². The van der Waals surface area contributed by atoms with Crippen molar-refractivity contribution in [2.24, 2.45) is 0 Å². The molecule has 0 fully saturated rings. The summed E-state index contributed by atoms with van der Waals surface area (Å²) in [5.41, 5.74) is 0. The van der Waals surface area contributed by atoms with Crippen LogP contribution >= 0.6 is 0 Å². The fourth-order valence-corrected chi connectivity index (χ4v) is 0.342. The minimum absolute atomic E-state index is 0.500. The third-order valence-electron chi connectivity index (χ3n) is 0.607. The van der Waals surface area contributed by atoms with Crippen molar-refractivity contribution in [3.05, 3.63) is 36.0 Å². The Morgan fingerprint density at radius 3 is 1.78 bits per heavy atom. The van der Waals surface area contributed by atoms with E-state index in [4.69, 9.17) is 10.2 Å². The standard InChI is InChI=1S/C5H5N.CNO/c1-2-4-6-5-3-1;2-1-3/h1-5H;/q;-1/p+1. The lowest BCUT2D eigenvalue weighted by Crippen LogP contribution is -1.93. The van der Waals surface area contributed by atoms with Gasteiger partial charge in [-0.3, -0.25) is 4.79 Å². The van der Waals surface area contributed by atoms with Gasteiger partial charge in [0, 0.05) is 12.1 Å². The first-order valence-electron chi connectivity index (χ1n) is 2.34. The molecule has 0 aliphatic heterocycles. The lowest BCUT2D eigenvalue weighted by atomic mass is 10.5. The van der Waals surface area contributed by atoms with Gasteiger partial charge in [0.05, 0.1) is 0 Å². The monoisotopic (exact) mass is 122 g/mol. The first kappa shape index (κ1) is 7.53. The summed E-state index contributed by atoms with van der Waals surface area (Å²) >= 11 is 0. The number of aromatic amines is 1. The van der Waals surface area contributed by atoms with Gasteiger partial charge in [-0.1, -0.05) is 6.07 Å². The van der Waals surface area contributed by atoms with Crippen LogP contribution in [0.3, 0.4) is 0 Å². The second-order valence-electron chi connectivity index (χ2n) is 1.17. The number of hydrogen-bond acceptors (Lipinski definition) is 1. The Morgan fingerprint density at radius 2 is 1.67 bits per heavy atom. The summed E-state index contributed by atoms with van der Waals surface area (Å²) in [5, 5.41) is 6.76. The molecule has 0 bridgehead atoms. The Balaban J connectivity index is 0.000000187. The Hall–Kier alpha value is -1.47. The van der Waals surface area contributed by atoms with Crippen molar-refractivity contribution in [1.82, 2.24) is 0 Å². The highest BCUT2D eigenvalue weighted by Gasteiger charge is 1.65. The van der Waals surface area contributed by atoms with E-state index < -0.39 is 0 Å². The Bertz CT molecular complexity index is 141. The van der Waals surface area contributed by atoms with Crippen molar-refractivity contribution >= 4 is 6.08 Å². The second kappa shape index (κ2) is 6.53. The molecule has 1 aromatic heterocycles. The maximum absolute atomic E-state index is 8.24. The van der Waals surface area contributed by atoms with Crippen molar-refractivity contribution < 1.29 is 9.78 Å². The lowest BCUT2D eigenvalue weighted by molar-refractivity contribution is -0.377. The molecule has 0 atom stereocenters. The van der Waals surface area contributed by atoms with E-state index in [1.54, 1.807) is 0 Å². The van der Waals surface area contributed by atoms with E-state index >= 15 is 0 Å². The number of isocyanates is 1. The fourth-order valence-electron chi connectivity index (χ4n) is 0.342. The first-order chi connectivity index (χ1) is 4.41. The minimum Gasteiger partial charge on any atom is -0.724 e. The predicted molar refractivity (Wildman–Crippen MR) is 32.1 cm³/mol. The molecule has 1 aromatic rings. The van der Waals surface area contributed by atoms with E-state index in [1.807, 2.05) is 30.6 Å². The second-order valence-corrected chi connectivity index (χ2v) is 1.17. The number of hydrogen-bond donors (Lipinski definition) is 0. The van der Waals surface area contributed by atoms with Gasteiger partial charge in [-0.15, -0.1) is 0 Å². The smallest absolute Gasteiger partial charge is 0.166 e. The number of carbonyl (C=O) groups excluding carboxylic acids is 1. The number of rotatable bonds is 0. The first-order valence-corrected chi connectivity index (χ1v) is 2.34. The quantitative estimate of drug-likeness (QED) is 0.363. The van der Waals surface area contributed by atoms with Gasteiger partial charge in [0.15, 0.2) is 12.4 Å². The summed E-state index contributed by atoms with van der Waals surface area (Å²) in [7, 11) is 0. The van der Waals surface area contributed by atoms with Gasteiger partial charge in [0.25, 0.3) is 0 Å². The van der Waals surface area contributed by atoms with Crippen LogP contribution in [0, 0.1) is 0 Å². The van der Waals surface area contributed by atoms with Crippen molar-refractivity contribution in [1.29, 1.82) is 0 Å². The van der Waals surface area contributed by atoms with Crippen LogP contribution in [-0.4, -0.2) is 6.08 Å². The van der Waals surface area contributed by atoms with Crippen LogP contribution < -0.4 is 4.98 Å². The number of nitrogens with zero attached hydrogens (tertiary/aromatic N) is 1. The molecule has 0 amide bonds. The fraction of sp³-hybridized carbons (Fsp3) is 0. The van der Waals surface area contributed by atoms with Crippen molar-refractivity contribution in [2.75, 3.05) is 0 Å². The van der Waals surface area contributed by atoms with E-state index in [0.717, 1.165) is 0 Å². The topological polar surface area (TPSA) is 53.5 Å². The zero-order chi connectivity index (χ0) is 6.95. The molecule has 3 nitrogen and oxygen atoms in total. The van der Waals surface area contributed by atoms with E-state index in [1.165, 1.54) is 0 Å². The predicted octanol–water partition coefficient (Wildman–Crippen LogP) is 0.392. The van der Waals surface area contributed by atoms with E-state index in [2.05, 4.69) is 4.98 Å². The summed E-state index contributed by atoms with van der Waals surface area (Å²) in [6, 6.07) is 5.86. The molecule has 0 aliphatic rings. The largest absolute Gasteiger partial charge is 0.724 e. The maximum Gasteiger partial charge on any atom is 0.166 e. The van der Waals surface area contributed by atoms with Gasteiger partial charge in [0.2, 0.25) is 0 Å². The van der Waals surface area contributed by atoms with E-state index in [-0.39, 0.29) is 0 Å². The molecule has 3 heteroatoms. The number of H-pyrrole nitrogens is 1. The number of aromatic nitrogens is 1. The van der Waals surface area contributed by atoms with Crippen LogP contribution in [0.5, 0.6) is 0 Å². The molecule has 0 saturated carbocycles. The normalized spacial score (nSPS) is 6.22. The third kappa shape index (κ3) is 6.53. The Morgan fingerprint density at radius 1 is 1.22 bits per heavy atom. The van der Waals surface area contributed by atoms with Gasteiger partial charge >= 0.3 is 0 Å². The molecular formula is C6H6N2O. The molecule has 1 rings (SSSR count). The molecular weight excluding hydrogens is 116 g/mol. The van der Waals surface area contributed by atoms with Crippen LogP contribution in [0.15, 0.2) is 30.6 Å². The number of nitrogens with one attached hydrogen (secondary N) is 1. The number of pyridine rings is 1. The maximum atomic E-state index is 8.24. The zero-order valence-corrected chi connectivity index (χ0v) is 4.74. The minimum atomic E-state index is 0.500. The van der Waals surface area contributed by atoms with Gasteiger partial charge < -0.3 is 5.41 Å². The molecule has 0 aliphatic carbocycles. The molecule has 0 spiro atoms. The summed E-state index contributed by atoms with van der Waals surface area (Å²) in [6.07, 6.45) is 4.25. The molecule has 0 aromatic carbocycles. The highest BCUT2D eigenvalue weighted by molar-refractivity contribution is 5.36. The molecule has 9 heavy (non-hydrogen) atoms. The average Bonchev–Trinajstić information content (AvgIpc) is 1.93. The van der Waals surface area contributed by atoms with Crippen molar-refractivity contribution in [3.8, 4) is 0 Å². The van der Waals surface area contributed by atoms with Crippen LogP contribution in [0.4, 0.5) is 0 Å². The van der Waals surface area contributed by atoms with Gasteiger partial charge in [0.1, 0.15) is 0 Å². The zero-order valence-electron chi connectivity index (χ0n) is 4.74. The Labute approximate surface area is 52.9 Å².